The van der Waals surface area contributed by atoms with E-state index in [1.165, 1.54) is 0 Å². The number of alkyl halides is 1. The van der Waals surface area contributed by atoms with Crippen LogP contribution in [-0.4, -0.2) is 157 Å². The molecular formula is C39H65FN9NaO6Pd-2. The van der Waals surface area contributed by atoms with E-state index in [0.717, 1.165) is 37.5 Å². The Hall–Kier alpha value is -2.70. The van der Waals surface area contributed by atoms with Gasteiger partial charge in [0, 0.05) is 83.0 Å². The van der Waals surface area contributed by atoms with Crippen LogP contribution in [0.3, 0.4) is 0 Å². The quantitative estimate of drug-likeness (QED) is 0.101. The van der Waals surface area contributed by atoms with Gasteiger partial charge in [-0.1, -0.05) is 6.61 Å². The number of nitrogens with two attached hydrogens (primary N) is 1. The Bertz CT molecular complexity index is 1410. The van der Waals surface area contributed by atoms with Crippen molar-refractivity contribution in [1.29, 1.82) is 10.5 Å². The van der Waals surface area contributed by atoms with E-state index in [-0.39, 0.29) is 62.9 Å². The summed E-state index contributed by atoms with van der Waals surface area (Å²) in [4.78, 5) is 18.2. The molecule has 0 aliphatic rings. The molecule has 0 amide bonds. The van der Waals surface area contributed by atoms with Crippen LogP contribution < -0.4 is 44.8 Å². The van der Waals surface area contributed by atoms with Crippen LogP contribution in [0.2, 0.25) is 0 Å². The number of aryl methyl sites for hydroxylation is 1. The smallest absolute Gasteiger partial charge is 0.870 e. The summed E-state index contributed by atoms with van der Waals surface area (Å²) in [7, 11) is 11.1. The van der Waals surface area contributed by atoms with Crippen LogP contribution in [0.1, 0.15) is 23.8 Å². The summed E-state index contributed by atoms with van der Waals surface area (Å²) in [5.41, 5.74) is 8.64. The Kier molecular flexibility index (Phi) is 53.1. The van der Waals surface area contributed by atoms with E-state index in [2.05, 4.69) is 36.6 Å². The zero-order valence-electron chi connectivity index (χ0n) is 36.4. The summed E-state index contributed by atoms with van der Waals surface area (Å²) in [5.74, 6) is 1.06. The molecule has 0 fully saturated rings. The largest absolute Gasteiger partial charge is 1.00 e. The van der Waals surface area contributed by atoms with Gasteiger partial charge >= 0.3 is 29.6 Å². The Labute approximate surface area is 379 Å². The average Bonchev–Trinajstić information content (AvgIpc) is 3.15. The van der Waals surface area contributed by atoms with Crippen molar-refractivity contribution < 1.29 is 84.9 Å². The average molecular weight is 905 g/mol. The Morgan fingerprint density at radius 3 is 1.51 bits per heavy atom. The van der Waals surface area contributed by atoms with Gasteiger partial charge < -0.3 is 63.9 Å². The van der Waals surface area contributed by atoms with Gasteiger partial charge in [0.1, 0.15) is 13.2 Å². The van der Waals surface area contributed by atoms with Gasteiger partial charge in [-0.25, -0.2) is 9.97 Å². The molecule has 0 unspecified atom stereocenters. The number of likely N-dealkylation sites (N-methyl/N-ethyl adjacent to an activating group) is 3. The first-order chi connectivity index (χ1) is 25.9. The Morgan fingerprint density at radius 2 is 1.12 bits per heavy atom. The molecule has 0 saturated carbocycles. The van der Waals surface area contributed by atoms with Crippen LogP contribution in [0.15, 0.2) is 55.0 Å². The first-order valence-electron chi connectivity index (χ1n) is 17.6. The van der Waals surface area contributed by atoms with Gasteiger partial charge in [0.2, 0.25) is 11.8 Å². The van der Waals surface area contributed by atoms with Crippen molar-refractivity contribution in [2.45, 2.75) is 13.5 Å². The number of halogens is 1. The molecule has 0 saturated heterocycles. The predicted octanol–water partition coefficient (Wildman–Crippen LogP) is 0.929. The van der Waals surface area contributed by atoms with Crippen molar-refractivity contribution in [3.8, 4) is 23.9 Å². The van der Waals surface area contributed by atoms with E-state index in [9.17, 15) is 4.39 Å². The van der Waals surface area contributed by atoms with Gasteiger partial charge in [0.25, 0.3) is 0 Å². The molecule has 18 heteroatoms. The number of rotatable bonds is 19. The number of hydrogen-bond acceptors (Lipinski definition) is 15. The molecule has 0 aromatic carbocycles. The van der Waals surface area contributed by atoms with Crippen LogP contribution >= 0.6 is 0 Å². The second-order valence-electron chi connectivity index (χ2n) is 11.4. The third-order valence-corrected chi connectivity index (χ3v) is 6.07. The molecular weight excluding hydrogens is 839 g/mol. The van der Waals surface area contributed by atoms with E-state index in [0.29, 0.717) is 75.7 Å². The number of nitrogens with zero attached hydrogens (tertiary/aromatic N) is 8. The minimum atomic E-state index is -1.00. The minimum absolute atomic E-state index is 0. The maximum atomic E-state index is 9.96. The zero-order valence-corrected chi connectivity index (χ0v) is 39.0. The van der Waals surface area contributed by atoms with E-state index in [1.807, 2.05) is 73.5 Å². The van der Waals surface area contributed by atoms with Crippen molar-refractivity contribution >= 4 is 0 Å². The summed E-state index contributed by atoms with van der Waals surface area (Å²) in [5, 5.41) is 17.1. The fourth-order valence-electron chi connectivity index (χ4n) is 3.29. The van der Waals surface area contributed by atoms with Gasteiger partial charge in [0.15, 0.2) is 0 Å². The van der Waals surface area contributed by atoms with Gasteiger partial charge in [-0.05, 0) is 79.0 Å². The van der Waals surface area contributed by atoms with Gasteiger partial charge in [-0.15, -0.1) is 0 Å². The van der Waals surface area contributed by atoms with Crippen molar-refractivity contribution in [1.82, 2.24) is 29.7 Å². The van der Waals surface area contributed by atoms with E-state index < -0.39 is 7.15 Å². The second kappa shape index (κ2) is 47.7. The van der Waals surface area contributed by atoms with E-state index in [1.54, 1.807) is 42.9 Å². The van der Waals surface area contributed by atoms with Gasteiger partial charge in [0.05, 0.1) is 64.8 Å². The molecule has 3 rings (SSSR count). The van der Waals surface area contributed by atoms with E-state index in [4.69, 9.17) is 41.3 Å². The third-order valence-electron chi connectivity index (χ3n) is 6.07. The molecule has 0 spiro atoms. The molecule has 3 heterocycles. The van der Waals surface area contributed by atoms with Crippen molar-refractivity contribution in [2.24, 2.45) is 5.73 Å². The summed E-state index contributed by atoms with van der Waals surface area (Å²) >= 11 is 0. The topological polar surface area (TPSA) is 198 Å². The molecule has 3 N–H and O–H groups in total. The molecule has 3 aromatic heterocycles. The van der Waals surface area contributed by atoms with Crippen LogP contribution in [0.5, 0.6) is 11.8 Å². The first kappa shape index (κ1) is 63.5. The van der Waals surface area contributed by atoms with Crippen LogP contribution in [0.4, 0.5) is 4.39 Å². The van der Waals surface area contributed by atoms with Crippen molar-refractivity contribution in [3.05, 3.63) is 91.7 Å². The molecule has 57 heavy (non-hydrogen) atoms. The summed E-state index contributed by atoms with van der Waals surface area (Å²) < 4.78 is 42.1. The molecule has 0 bridgehead atoms. The van der Waals surface area contributed by atoms with E-state index >= 15 is 0 Å². The number of pyridine rings is 3. The zero-order chi connectivity index (χ0) is 40.8. The number of ether oxygens (including phenoxy) is 5. The fourth-order valence-corrected chi connectivity index (χ4v) is 3.29. The SMILES string of the molecule is CN(C)CCOCCOc1cc(C#N)ccn1.CN(C)CCOCCOc1cc(CN)ccn1.Cc1cc(C#N)ccn1.[2H]CF.[CH2-]COCCN(C)C.[CH3-].[Na+].[OH-].[Pd]. The van der Waals surface area contributed by atoms with Gasteiger partial charge in [-0.3, -0.25) is 9.37 Å². The number of nitriles is 2. The minimum Gasteiger partial charge on any atom is -0.870 e. The molecule has 3 aromatic rings. The molecule has 0 aliphatic carbocycles. The molecule has 0 radical (unpaired) electrons. The molecule has 0 atom stereocenters. The summed E-state index contributed by atoms with van der Waals surface area (Å²) in [6.45, 7) is 13.5. The molecule has 15 nitrogen and oxygen atoms in total. The van der Waals surface area contributed by atoms with Crippen molar-refractivity contribution in [2.75, 3.05) is 122 Å². The Balaban J connectivity index is -0.000000155. The molecule has 0 aliphatic heterocycles. The summed E-state index contributed by atoms with van der Waals surface area (Å²) in [6.07, 6.45) is 4.89. The maximum Gasteiger partial charge on any atom is 1.00 e. The maximum absolute atomic E-state index is 9.96. The van der Waals surface area contributed by atoms with Crippen LogP contribution in [0.25, 0.3) is 0 Å². The second-order valence-corrected chi connectivity index (χ2v) is 11.4. The number of hydrogen-bond donors (Lipinski definition) is 1. The van der Waals surface area contributed by atoms with Crippen LogP contribution in [-0.2, 0) is 41.2 Å². The fraction of sp³-hybridized carbons (Fsp3) is 0.513. The first-order valence-corrected chi connectivity index (χ1v) is 16.9. The third kappa shape index (κ3) is 44.3. The van der Waals surface area contributed by atoms with Crippen LogP contribution in [0, 0.1) is 43.9 Å². The molecule has 322 valence electrons. The summed E-state index contributed by atoms with van der Waals surface area (Å²) in [6, 6.07) is 14.5. The standard InChI is InChI=1S/C12H21N3O2.C12H17N3O2.C7H6N2.C6H14NO.CH3F.CH3.Na.H2O.Pd/c2*1-15(2)5-6-16-7-8-17-12-9-11(10-13)3-4-14-12;1-6-4-7(5-8)2-3-9-6;1-4-8-6-5-7(2)3;1-2;;;;/h3-4,9H,5-8,10,13H2,1-2H3;3-4,9H,5-8H2,1-2H3;2-4H,1H3;1,4-6H2,2-3H3;1H3;1H3;;1H2;/q;;;-1;;-1;+1;;/p-1/i;;;;1D;;;;. The predicted molar refractivity (Wildman–Crippen MR) is 215 cm³/mol. The van der Waals surface area contributed by atoms with Gasteiger partial charge in [-0.2, -0.15) is 10.5 Å². The van der Waals surface area contributed by atoms with Crippen molar-refractivity contribution in [3.63, 3.8) is 0 Å². The Morgan fingerprint density at radius 1 is 0.719 bits per heavy atom. The number of aromatic nitrogens is 3. The normalized spacial score (nSPS) is 9.42. The monoisotopic (exact) mass is 904 g/mol.